The maximum absolute atomic E-state index is 12.8. The SMILES string of the molecule is CCc1ccc(C(=O)NN2C(c3ccc(OC)cc3OC)=NOC2(C)C)cc1. The second kappa shape index (κ2) is 7.80. The molecule has 3 rings (SSSR count). The van der Waals surface area contributed by atoms with Crippen LogP contribution in [0.25, 0.3) is 0 Å². The minimum absolute atomic E-state index is 0.249. The third kappa shape index (κ3) is 3.74. The molecule has 1 N–H and O–H groups in total. The number of hydrazine groups is 1. The van der Waals surface area contributed by atoms with E-state index in [-0.39, 0.29) is 5.91 Å². The molecule has 0 bridgehead atoms. The van der Waals surface area contributed by atoms with E-state index in [2.05, 4.69) is 17.5 Å². The molecule has 148 valence electrons. The Kier molecular flexibility index (Phi) is 5.44. The van der Waals surface area contributed by atoms with Crippen molar-refractivity contribution in [3.63, 3.8) is 0 Å². The van der Waals surface area contributed by atoms with Crippen LogP contribution in [-0.4, -0.2) is 36.7 Å². The number of benzene rings is 2. The average Bonchev–Trinajstić information content (AvgIpc) is 3.01. The molecule has 0 spiro atoms. The number of hydrogen-bond donors (Lipinski definition) is 1. The predicted octanol–water partition coefficient (Wildman–Crippen LogP) is 3.34. The Balaban J connectivity index is 1.89. The Morgan fingerprint density at radius 2 is 1.86 bits per heavy atom. The highest BCUT2D eigenvalue weighted by atomic mass is 16.7. The summed E-state index contributed by atoms with van der Waals surface area (Å²) >= 11 is 0. The highest BCUT2D eigenvalue weighted by Crippen LogP contribution is 2.31. The Morgan fingerprint density at radius 3 is 2.46 bits per heavy atom. The fraction of sp³-hybridized carbons (Fsp3) is 0.333. The molecule has 7 nitrogen and oxygen atoms in total. The molecule has 0 fully saturated rings. The number of hydrogen-bond acceptors (Lipinski definition) is 6. The number of ether oxygens (including phenoxy) is 2. The molecule has 28 heavy (non-hydrogen) atoms. The predicted molar refractivity (Wildman–Crippen MR) is 106 cm³/mol. The van der Waals surface area contributed by atoms with Crippen LogP contribution in [0, 0.1) is 0 Å². The first kappa shape index (κ1) is 19.5. The maximum Gasteiger partial charge on any atom is 0.269 e. The van der Waals surface area contributed by atoms with E-state index in [1.54, 1.807) is 31.4 Å². The monoisotopic (exact) mass is 383 g/mol. The van der Waals surface area contributed by atoms with E-state index in [9.17, 15) is 4.79 Å². The van der Waals surface area contributed by atoms with E-state index in [1.165, 1.54) is 5.56 Å². The van der Waals surface area contributed by atoms with Crippen LogP contribution in [0.3, 0.4) is 0 Å². The summed E-state index contributed by atoms with van der Waals surface area (Å²) < 4.78 is 10.7. The number of nitrogens with one attached hydrogen (secondary N) is 1. The van der Waals surface area contributed by atoms with Gasteiger partial charge in [0, 0.05) is 11.6 Å². The summed E-state index contributed by atoms with van der Waals surface area (Å²) in [6.45, 7) is 5.71. The number of methoxy groups -OCH3 is 2. The van der Waals surface area contributed by atoms with Crippen LogP contribution in [0.1, 0.15) is 42.3 Å². The number of nitrogens with zero attached hydrogens (tertiary/aromatic N) is 2. The molecule has 0 unspecified atom stereocenters. The van der Waals surface area contributed by atoms with Crippen LogP contribution in [-0.2, 0) is 11.3 Å². The van der Waals surface area contributed by atoms with Gasteiger partial charge in [0.15, 0.2) is 0 Å². The van der Waals surface area contributed by atoms with Crippen LogP contribution in [0.15, 0.2) is 47.6 Å². The summed E-state index contributed by atoms with van der Waals surface area (Å²) in [5.41, 5.74) is 4.45. The maximum atomic E-state index is 12.8. The van der Waals surface area contributed by atoms with E-state index >= 15 is 0 Å². The fourth-order valence-electron chi connectivity index (χ4n) is 2.89. The van der Waals surface area contributed by atoms with Gasteiger partial charge in [-0.3, -0.25) is 10.2 Å². The lowest BCUT2D eigenvalue weighted by atomic mass is 10.1. The van der Waals surface area contributed by atoms with E-state index in [0.717, 1.165) is 6.42 Å². The fourth-order valence-corrected chi connectivity index (χ4v) is 2.89. The normalized spacial score (nSPS) is 14.9. The molecule has 1 heterocycles. The quantitative estimate of drug-likeness (QED) is 0.828. The van der Waals surface area contributed by atoms with Crippen molar-refractivity contribution in [2.45, 2.75) is 32.9 Å². The number of aryl methyl sites for hydroxylation is 1. The van der Waals surface area contributed by atoms with Gasteiger partial charge >= 0.3 is 0 Å². The Morgan fingerprint density at radius 1 is 1.14 bits per heavy atom. The molecular weight excluding hydrogens is 358 g/mol. The van der Waals surface area contributed by atoms with Crippen LogP contribution in [0.4, 0.5) is 0 Å². The van der Waals surface area contributed by atoms with Gasteiger partial charge in [0.2, 0.25) is 11.6 Å². The van der Waals surface area contributed by atoms with Crippen LogP contribution >= 0.6 is 0 Å². The van der Waals surface area contributed by atoms with Gasteiger partial charge < -0.3 is 14.3 Å². The van der Waals surface area contributed by atoms with Gasteiger partial charge in [-0.15, -0.1) is 0 Å². The van der Waals surface area contributed by atoms with Gasteiger partial charge in [-0.2, -0.15) is 0 Å². The molecule has 2 aromatic carbocycles. The van der Waals surface area contributed by atoms with Gasteiger partial charge in [0.25, 0.3) is 5.91 Å². The number of oxime groups is 1. The standard InChI is InChI=1S/C21H25N3O4/c1-6-14-7-9-15(10-8-14)20(25)22-24-19(23-28-21(24,2)3)17-12-11-16(26-4)13-18(17)27-5/h7-13H,6H2,1-5H3,(H,22,25). The molecular formula is C21H25N3O4. The van der Waals surface area contributed by atoms with E-state index < -0.39 is 5.72 Å². The number of carbonyl (C=O) groups excluding carboxylic acids is 1. The van der Waals surface area contributed by atoms with Crippen molar-refractivity contribution < 1.29 is 19.1 Å². The van der Waals surface area contributed by atoms with Crippen molar-refractivity contribution in [3.05, 3.63) is 59.2 Å². The zero-order valence-electron chi connectivity index (χ0n) is 16.8. The summed E-state index contributed by atoms with van der Waals surface area (Å²) in [6, 6.07) is 12.9. The second-order valence-corrected chi connectivity index (χ2v) is 6.85. The molecule has 1 amide bonds. The molecule has 0 aromatic heterocycles. The average molecular weight is 383 g/mol. The van der Waals surface area contributed by atoms with E-state index in [1.807, 2.05) is 44.2 Å². The largest absolute Gasteiger partial charge is 0.497 e. The van der Waals surface area contributed by atoms with Crippen molar-refractivity contribution in [3.8, 4) is 11.5 Å². The lowest BCUT2D eigenvalue weighted by molar-refractivity contribution is -0.0824. The first-order valence-corrected chi connectivity index (χ1v) is 9.08. The van der Waals surface area contributed by atoms with Crippen LogP contribution < -0.4 is 14.9 Å². The highest BCUT2D eigenvalue weighted by molar-refractivity contribution is 6.04. The van der Waals surface area contributed by atoms with Gasteiger partial charge in [-0.25, -0.2) is 5.01 Å². The molecule has 0 radical (unpaired) electrons. The van der Waals surface area contributed by atoms with Crippen LogP contribution in [0.2, 0.25) is 0 Å². The number of carbonyl (C=O) groups is 1. The van der Waals surface area contributed by atoms with Gasteiger partial charge in [-0.05, 0) is 50.1 Å². The van der Waals surface area contributed by atoms with Crippen molar-refractivity contribution in [2.75, 3.05) is 14.2 Å². The summed E-state index contributed by atoms with van der Waals surface area (Å²) in [5, 5.41) is 5.79. The number of amidine groups is 1. The van der Waals surface area contributed by atoms with Crippen molar-refractivity contribution >= 4 is 11.7 Å². The molecule has 0 saturated carbocycles. The van der Waals surface area contributed by atoms with E-state index in [4.69, 9.17) is 14.3 Å². The third-order valence-corrected chi connectivity index (χ3v) is 4.59. The third-order valence-electron chi connectivity index (χ3n) is 4.59. The smallest absolute Gasteiger partial charge is 0.269 e. The van der Waals surface area contributed by atoms with E-state index in [0.29, 0.717) is 28.5 Å². The molecule has 1 aliphatic heterocycles. The van der Waals surface area contributed by atoms with Crippen molar-refractivity contribution in [2.24, 2.45) is 5.16 Å². The topological polar surface area (TPSA) is 72.4 Å². The minimum Gasteiger partial charge on any atom is -0.497 e. The lowest BCUT2D eigenvalue weighted by Gasteiger charge is -2.31. The second-order valence-electron chi connectivity index (χ2n) is 6.85. The summed E-state index contributed by atoms with van der Waals surface area (Å²) in [6.07, 6.45) is 0.920. The summed E-state index contributed by atoms with van der Waals surface area (Å²) in [5.74, 6) is 1.42. The molecule has 2 aromatic rings. The lowest BCUT2D eigenvalue weighted by Crippen LogP contribution is -2.54. The number of rotatable bonds is 6. The number of amides is 1. The first-order chi connectivity index (χ1) is 13.4. The summed E-state index contributed by atoms with van der Waals surface area (Å²) in [4.78, 5) is 18.4. The van der Waals surface area contributed by atoms with Crippen molar-refractivity contribution in [1.82, 2.24) is 10.4 Å². The molecule has 0 atom stereocenters. The zero-order valence-corrected chi connectivity index (χ0v) is 16.8. The molecule has 0 saturated heterocycles. The van der Waals surface area contributed by atoms with Crippen molar-refractivity contribution in [1.29, 1.82) is 0 Å². The molecule has 7 heteroatoms. The van der Waals surface area contributed by atoms with Crippen LogP contribution in [0.5, 0.6) is 11.5 Å². The Bertz CT molecular complexity index is 891. The first-order valence-electron chi connectivity index (χ1n) is 9.08. The zero-order chi connectivity index (χ0) is 20.3. The Labute approximate surface area is 164 Å². The highest BCUT2D eigenvalue weighted by Gasteiger charge is 2.40. The van der Waals surface area contributed by atoms with Gasteiger partial charge in [-0.1, -0.05) is 24.2 Å². The summed E-state index contributed by atoms with van der Waals surface area (Å²) in [7, 11) is 3.15. The molecule has 1 aliphatic rings. The minimum atomic E-state index is -0.862. The molecule has 0 aliphatic carbocycles. The van der Waals surface area contributed by atoms with Gasteiger partial charge in [0.1, 0.15) is 11.5 Å². The van der Waals surface area contributed by atoms with Gasteiger partial charge in [0.05, 0.1) is 19.8 Å². The Hall–Kier alpha value is -3.22.